The molecule has 1 atom stereocenters. The molecule has 1 aliphatic rings. The minimum Gasteiger partial charge on any atom is -0.492 e. The zero-order valence-corrected chi connectivity index (χ0v) is 17.3. The molecule has 3 aromatic rings. The van der Waals surface area contributed by atoms with E-state index in [4.69, 9.17) is 16.3 Å². The van der Waals surface area contributed by atoms with Gasteiger partial charge < -0.3 is 15.4 Å². The lowest BCUT2D eigenvalue weighted by Gasteiger charge is -2.25. The molecule has 4 rings (SSSR count). The lowest BCUT2D eigenvalue weighted by molar-refractivity contribution is -0.126. The smallest absolute Gasteiger partial charge is 0.255 e. The van der Waals surface area contributed by atoms with Crippen LogP contribution in [0.25, 0.3) is 0 Å². The van der Waals surface area contributed by atoms with Crippen LogP contribution in [0.5, 0.6) is 5.75 Å². The van der Waals surface area contributed by atoms with E-state index in [0.717, 1.165) is 5.56 Å². The van der Waals surface area contributed by atoms with Crippen LogP contribution in [0, 0.1) is 11.7 Å². The summed E-state index contributed by atoms with van der Waals surface area (Å²) in [5.41, 5.74) is 2.30. The molecule has 0 aliphatic carbocycles. The standard InChI is InChI=1S/C24H20ClFN2O3/c25-19-6-3-5-15(11-19)24(30)28-20-8-9-22-17(12-20)10-18(14-31-22)23(29)27-13-16-4-1-2-7-21(16)26/h1-9,11-12,18H,10,13-14H2,(H,27,29)(H,28,30). The number of hydrogen-bond donors (Lipinski definition) is 2. The molecule has 2 N–H and O–H groups in total. The number of anilines is 1. The van der Waals surface area contributed by atoms with Crippen molar-refractivity contribution in [1.82, 2.24) is 5.32 Å². The molecule has 7 heteroatoms. The van der Waals surface area contributed by atoms with Crippen molar-refractivity contribution < 1.29 is 18.7 Å². The van der Waals surface area contributed by atoms with Crippen LogP contribution in [0.15, 0.2) is 66.7 Å². The molecule has 0 bridgehead atoms. The van der Waals surface area contributed by atoms with Gasteiger partial charge in [-0.15, -0.1) is 0 Å². The van der Waals surface area contributed by atoms with Gasteiger partial charge >= 0.3 is 0 Å². The lowest BCUT2D eigenvalue weighted by atomic mass is 9.95. The molecule has 2 amide bonds. The average molecular weight is 439 g/mol. The fourth-order valence-corrected chi connectivity index (χ4v) is 3.63. The predicted octanol–water partition coefficient (Wildman–Crippen LogP) is 4.60. The topological polar surface area (TPSA) is 67.4 Å². The van der Waals surface area contributed by atoms with Gasteiger partial charge in [-0.3, -0.25) is 9.59 Å². The Hall–Kier alpha value is -3.38. The van der Waals surface area contributed by atoms with Crippen LogP contribution in [-0.4, -0.2) is 18.4 Å². The van der Waals surface area contributed by atoms with Gasteiger partial charge in [-0.05, 0) is 54.4 Å². The summed E-state index contributed by atoms with van der Waals surface area (Å²) in [6.07, 6.45) is 0.458. The van der Waals surface area contributed by atoms with E-state index in [1.807, 2.05) is 0 Å². The maximum absolute atomic E-state index is 13.8. The molecule has 0 aromatic heterocycles. The Morgan fingerprint density at radius 1 is 1.06 bits per heavy atom. The number of carbonyl (C=O) groups is 2. The summed E-state index contributed by atoms with van der Waals surface area (Å²) in [4.78, 5) is 25.0. The van der Waals surface area contributed by atoms with Crippen LogP contribution in [0.2, 0.25) is 5.02 Å². The maximum atomic E-state index is 13.8. The van der Waals surface area contributed by atoms with E-state index < -0.39 is 5.92 Å². The van der Waals surface area contributed by atoms with Crippen LogP contribution in [0.1, 0.15) is 21.5 Å². The first-order chi connectivity index (χ1) is 15.0. The molecular formula is C24H20ClFN2O3. The highest BCUT2D eigenvalue weighted by Crippen LogP contribution is 2.30. The third-order valence-corrected chi connectivity index (χ3v) is 5.33. The van der Waals surface area contributed by atoms with Crippen LogP contribution >= 0.6 is 11.6 Å². The summed E-state index contributed by atoms with van der Waals surface area (Å²) in [7, 11) is 0. The van der Waals surface area contributed by atoms with Crippen molar-refractivity contribution in [3.8, 4) is 5.75 Å². The van der Waals surface area contributed by atoms with E-state index >= 15 is 0 Å². The van der Waals surface area contributed by atoms with Gasteiger partial charge in [0.25, 0.3) is 5.91 Å². The number of benzene rings is 3. The predicted molar refractivity (Wildman–Crippen MR) is 117 cm³/mol. The summed E-state index contributed by atoms with van der Waals surface area (Å²) in [5, 5.41) is 6.09. The number of halogens is 2. The quantitative estimate of drug-likeness (QED) is 0.611. The van der Waals surface area contributed by atoms with Crippen molar-refractivity contribution in [3.05, 3.63) is 94.3 Å². The molecule has 3 aromatic carbocycles. The summed E-state index contributed by atoms with van der Waals surface area (Å²) >= 11 is 5.95. The molecule has 31 heavy (non-hydrogen) atoms. The molecule has 1 aliphatic heterocycles. The number of amides is 2. The minimum atomic E-state index is -0.404. The number of fused-ring (bicyclic) bond motifs is 1. The number of ether oxygens (including phenoxy) is 1. The molecule has 1 unspecified atom stereocenters. The lowest BCUT2D eigenvalue weighted by Crippen LogP contribution is -2.37. The third kappa shape index (κ3) is 5.03. The van der Waals surface area contributed by atoms with E-state index in [2.05, 4.69) is 10.6 Å². The average Bonchev–Trinajstić information content (AvgIpc) is 2.78. The van der Waals surface area contributed by atoms with Gasteiger partial charge in [0, 0.05) is 28.4 Å². The molecule has 0 radical (unpaired) electrons. The summed E-state index contributed by atoms with van der Waals surface area (Å²) in [6.45, 7) is 0.356. The van der Waals surface area contributed by atoms with Crippen LogP contribution in [0.3, 0.4) is 0 Å². The Bertz CT molecular complexity index is 1140. The van der Waals surface area contributed by atoms with Crippen LogP contribution < -0.4 is 15.4 Å². The van der Waals surface area contributed by atoms with E-state index in [0.29, 0.717) is 34.0 Å². The highest BCUT2D eigenvalue weighted by Gasteiger charge is 2.26. The van der Waals surface area contributed by atoms with E-state index in [9.17, 15) is 14.0 Å². The van der Waals surface area contributed by atoms with Gasteiger partial charge in [0.2, 0.25) is 5.91 Å². The normalized spacial score (nSPS) is 14.8. The molecule has 158 valence electrons. The monoisotopic (exact) mass is 438 g/mol. The summed E-state index contributed by atoms with van der Waals surface area (Å²) in [5.74, 6) is -0.564. The van der Waals surface area contributed by atoms with Crippen molar-refractivity contribution in [2.75, 3.05) is 11.9 Å². The molecular weight excluding hydrogens is 419 g/mol. The van der Waals surface area contributed by atoms with E-state index in [-0.39, 0.29) is 30.8 Å². The zero-order chi connectivity index (χ0) is 21.8. The summed E-state index contributed by atoms with van der Waals surface area (Å²) in [6, 6.07) is 18.3. The second-order valence-corrected chi connectivity index (χ2v) is 7.74. The van der Waals surface area contributed by atoms with Crippen molar-refractivity contribution in [2.45, 2.75) is 13.0 Å². The van der Waals surface area contributed by atoms with Gasteiger partial charge in [-0.1, -0.05) is 35.9 Å². The van der Waals surface area contributed by atoms with Gasteiger partial charge in [0.15, 0.2) is 0 Å². The van der Waals surface area contributed by atoms with Gasteiger partial charge in [-0.2, -0.15) is 0 Å². The molecule has 1 heterocycles. The number of nitrogens with one attached hydrogen (secondary N) is 2. The first-order valence-electron chi connectivity index (χ1n) is 9.83. The number of hydrogen-bond acceptors (Lipinski definition) is 3. The summed E-state index contributed by atoms with van der Waals surface area (Å²) < 4.78 is 19.5. The second-order valence-electron chi connectivity index (χ2n) is 7.31. The van der Waals surface area contributed by atoms with Crippen LogP contribution in [0.4, 0.5) is 10.1 Å². The fourth-order valence-electron chi connectivity index (χ4n) is 3.44. The Labute approximate surface area is 184 Å². The number of carbonyl (C=O) groups excluding carboxylic acids is 2. The fraction of sp³-hybridized carbons (Fsp3) is 0.167. The highest BCUT2D eigenvalue weighted by atomic mass is 35.5. The first-order valence-corrected chi connectivity index (χ1v) is 10.2. The maximum Gasteiger partial charge on any atom is 0.255 e. The highest BCUT2D eigenvalue weighted by molar-refractivity contribution is 6.31. The molecule has 0 fully saturated rings. The Morgan fingerprint density at radius 2 is 1.90 bits per heavy atom. The van der Waals surface area contributed by atoms with Crippen molar-refractivity contribution in [2.24, 2.45) is 5.92 Å². The van der Waals surface area contributed by atoms with E-state index in [1.54, 1.807) is 60.7 Å². The van der Waals surface area contributed by atoms with Gasteiger partial charge in [0.05, 0.1) is 5.92 Å². The van der Waals surface area contributed by atoms with E-state index in [1.165, 1.54) is 6.07 Å². The Kier molecular flexibility index (Phi) is 6.18. The van der Waals surface area contributed by atoms with Crippen molar-refractivity contribution in [1.29, 1.82) is 0 Å². The zero-order valence-electron chi connectivity index (χ0n) is 16.5. The van der Waals surface area contributed by atoms with Gasteiger partial charge in [-0.25, -0.2) is 4.39 Å². The SMILES string of the molecule is O=C(Nc1ccc2c(c1)CC(C(=O)NCc1ccccc1F)CO2)c1cccc(Cl)c1. The largest absolute Gasteiger partial charge is 0.492 e. The Morgan fingerprint density at radius 3 is 2.71 bits per heavy atom. The number of rotatable bonds is 5. The molecule has 0 saturated carbocycles. The molecule has 5 nitrogen and oxygen atoms in total. The van der Waals surface area contributed by atoms with Crippen LogP contribution in [-0.2, 0) is 17.8 Å². The minimum absolute atomic E-state index is 0.116. The Balaban J connectivity index is 1.40. The molecule has 0 spiro atoms. The first kappa shape index (κ1) is 20.9. The third-order valence-electron chi connectivity index (χ3n) is 5.09. The van der Waals surface area contributed by atoms with Crippen molar-refractivity contribution in [3.63, 3.8) is 0 Å². The molecule has 0 saturated heterocycles. The second kappa shape index (κ2) is 9.18. The van der Waals surface area contributed by atoms with Crippen molar-refractivity contribution >= 4 is 29.1 Å². The van der Waals surface area contributed by atoms with Gasteiger partial charge in [0.1, 0.15) is 18.2 Å².